The summed E-state index contributed by atoms with van der Waals surface area (Å²) < 4.78 is 19.6. The van der Waals surface area contributed by atoms with Crippen molar-refractivity contribution in [2.75, 3.05) is 18.1 Å². The zero-order valence-corrected chi connectivity index (χ0v) is 12.2. The van der Waals surface area contributed by atoms with Gasteiger partial charge in [-0.25, -0.2) is 4.39 Å². The third kappa shape index (κ3) is 2.61. The Balaban J connectivity index is 1.80. The Bertz CT molecular complexity index is 807. The summed E-state index contributed by atoms with van der Waals surface area (Å²) >= 11 is 0. The number of hydrogen-bond donors (Lipinski definition) is 1. The molecule has 1 aliphatic rings. The van der Waals surface area contributed by atoms with E-state index in [1.807, 2.05) is 18.2 Å². The van der Waals surface area contributed by atoms with Gasteiger partial charge < -0.3 is 9.64 Å². The monoisotopic (exact) mass is 311 g/mol. The normalized spacial score (nSPS) is 13.5. The van der Waals surface area contributed by atoms with Crippen LogP contribution in [-0.4, -0.2) is 33.8 Å². The van der Waals surface area contributed by atoms with Crippen molar-refractivity contribution in [3.63, 3.8) is 0 Å². The van der Waals surface area contributed by atoms with Gasteiger partial charge in [0.25, 0.3) is 0 Å². The highest BCUT2D eigenvalue weighted by Crippen LogP contribution is 2.40. The zero-order chi connectivity index (χ0) is 15.6. The van der Waals surface area contributed by atoms with Crippen LogP contribution in [0.5, 0.6) is 5.75 Å². The molecule has 1 aliphatic heterocycles. The standard InChI is InChI=1S/C16H14FN5O/c17-12-8-13(16-18-20-21-19-16)15-14(9-12)23-7-6-22(15)10-11-4-2-1-3-5-11/h1-5,8-9H,6-7,10H2,(H,18,19,20,21). The number of anilines is 1. The molecule has 0 spiro atoms. The number of H-pyrrole nitrogens is 1. The first-order valence-electron chi connectivity index (χ1n) is 7.30. The van der Waals surface area contributed by atoms with Crippen molar-refractivity contribution in [1.82, 2.24) is 20.6 Å². The van der Waals surface area contributed by atoms with Gasteiger partial charge in [0.1, 0.15) is 18.2 Å². The summed E-state index contributed by atoms with van der Waals surface area (Å²) in [5, 5.41) is 13.9. The molecule has 0 unspecified atom stereocenters. The van der Waals surface area contributed by atoms with E-state index in [0.29, 0.717) is 36.8 Å². The molecule has 4 rings (SSSR count). The summed E-state index contributed by atoms with van der Waals surface area (Å²) in [6.45, 7) is 1.92. The number of fused-ring (bicyclic) bond motifs is 1. The topological polar surface area (TPSA) is 66.9 Å². The molecule has 6 nitrogen and oxygen atoms in total. The molecule has 1 aromatic heterocycles. The predicted octanol–water partition coefficient (Wildman–Crippen LogP) is 2.40. The van der Waals surface area contributed by atoms with E-state index < -0.39 is 0 Å². The summed E-state index contributed by atoms with van der Waals surface area (Å²) in [5.74, 6) is 0.474. The Morgan fingerprint density at radius 1 is 1.22 bits per heavy atom. The fourth-order valence-corrected chi connectivity index (χ4v) is 2.80. The van der Waals surface area contributed by atoms with Crippen LogP contribution in [0.4, 0.5) is 10.1 Å². The lowest BCUT2D eigenvalue weighted by atomic mass is 10.1. The van der Waals surface area contributed by atoms with Crippen LogP contribution in [0.2, 0.25) is 0 Å². The van der Waals surface area contributed by atoms with E-state index in [-0.39, 0.29) is 5.82 Å². The number of tetrazole rings is 1. The fourth-order valence-electron chi connectivity index (χ4n) is 2.80. The van der Waals surface area contributed by atoms with Gasteiger partial charge in [-0.1, -0.05) is 30.3 Å². The van der Waals surface area contributed by atoms with Gasteiger partial charge in [-0.05, 0) is 16.8 Å². The van der Waals surface area contributed by atoms with E-state index in [0.717, 1.165) is 5.69 Å². The van der Waals surface area contributed by atoms with Crippen molar-refractivity contribution in [2.45, 2.75) is 6.54 Å². The third-order valence-electron chi connectivity index (χ3n) is 3.78. The minimum absolute atomic E-state index is 0.351. The second-order valence-corrected chi connectivity index (χ2v) is 5.29. The Kier molecular flexibility index (Phi) is 3.38. The third-order valence-corrected chi connectivity index (χ3v) is 3.78. The summed E-state index contributed by atoms with van der Waals surface area (Å²) in [6.07, 6.45) is 0. The Labute approximate surface area is 131 Å². The minimum Gasteiger partial charge on any atom is -0.489 e. The molecule has 0 bridgehead atoms. The zero-order valence-electron chi connectivity index (χ0n) is 12.2. The second kappa shape index (κ2) is 5.68. The Hall–Kier alpha value is -2.96. The Morgan fingerprint density at radius 3 is 2.87 bits per heavy atom. The molecular weight excluding hydrogens is 297 g/mol. The maximum atomic E-state index is 13.9. The number of benzene rings is 2. The lowest BCUT2D eigenvalue weighted by Gasteiger charge is -2.32. The number of nitrogens with one attached hydrogen (secondary N) is 1. The highest BCUT2D eigenvalue weighted by atomic mass is 19.1. The van der Waals surface area contributed by atoms with Gasteiger partial charge in [-0.15, -0.1) is 10.2 Å². The Morgan fingerprint density at radius 2 is 2.09 bits per heavy atom. The number of halogens is 1. The number of ether oxygens (including phenoxy) is 1. The van der Waals surface area contributed by atoms with E-state index in [1.54, 1.807) is 0 Å². The molecule has 2 aromatic carbocycles. The second-order valence-electron chi connectivity index (χ2n) is 5.29. The van der Waals surface area contributed by atoms with Crippen LogP contribution in [0.1, 0.15) is 5.56 Å². The molecule has 0 fully saturated rings. The molecule has 23 heavy (non-hydrogen) atoms. The van der Waals surface area contributed by atoms with E-state index in [4.69, 9.17) is 4.74 Å². The van der Waals surface area contributed by atoms with Gasteiger partial charge in [0.15, 0.2) is 0 Å². The minimum atomic E-state index is -0.384. The van der Waals surface area contributed by atoms with E-state index in [1.165, 1.54) is 17.7 Å². The molecule has 0 saturated carbocycles. The maximum Gasteiger partial charge on any atom is 0.206 e. The maximum absolute atomic E-state index is 13.9. The van der Waals surface area contributed by atoms with Crippen LogP contribution in [0.3, 0.4) is 0 Å². The van der Waals surface area contributed by atoms with Crippen molar-refractivity contribution in [3.8, 4) is 17.1 Å². The molecular formula is C16H14FN5O. The molecule has 0 aliphatic carbocycles. The average Bonchev–Trinajstić information content (AvgIpc) is 3.09. The first-order valence-corrected chi connectivity index (χ1v) is 7.30. The fraction of sp³-hybridized carbons (Fsp3) is 0.188. The van der Waals surface area contributed by atoms with Crippen molar-refractivity contribution in [2.24, 2.45) is 0 Å². The van der Waals surface area contributed by atoms with Gasteiger partial charge in [0.05, 0.1) is 17.8 Å². The number of hydrogen-bond acceptors (Lipinski definition) is 5. The van der Waals surface area contributed by atoms with Crippen LogP contribution in [-0.2, 0) is 6.54 Å². The number of aromatic nitrogens is 4. The van der Waals surface area contributed by atoms with E-state index in [2.05, 4.69) is 37.7 Å². The average molecular weight is 311 g/mol. The molecule has 2 heterocycles. The van der Waals surface area contributed by atoms with Gasteiger partial charge >= 0.3 is 0 Å². The van der Waals surface area contributed by atoms with Gasteiger partial charge in [0.2, 0.25) is 5.82 Å². The first kappa shape index (κ1) is 13.7. The summed E-state index contributed by atoms with van der Waals surface area (Å²) in [5.41, 5.74) is 2.54. The van der Waals surface area contributed by atoms with Crippen molar-refractivity contribution >= 4 is 5.69 Å². The van der Waals surface area contributed by atoms with Gasteiger partial charge in [-0.3, -0.25) is 0 Å². The molecule has 1 N–H and O–H groups in total. The summed E-state index contributed by atoms with van der Waals surface area (Å²) in [7, 11) is 0. The van der Waals surface area contributed by atoms with Crippen LogP contribution >= 0.6 is 0 Å². The highest BCUT2D eigenvalue weighted by Gasteiger charge is 2.25. The number of rotatable bonds is 3. The number of nitrogens with zero attached hydrogens (tertiary/aromatic N) is 4. The molecule has 0 radical (unpaired) electrons. The van der Waals surface area contributed by atoms with Gasteiger partial charge in [0, 0.05) is 12.6 Å². The van der Waals surface area contributed by atoms with Crippen molar-refractivity contribution in [1.29, 1.82) is 0 Å². The number of aromatic amines is 1. The van der Waals surface area contributed by atoms with Crippen LogP contribution in [0.15, 0.2) is 42.5 Å². The van der Waals surface area contributed by atoms with Crippen LogP contribution in [0, 0.1) is 5.82 Å². The molecule has 3 aromatic rings. The summed E-state index contributed by atoms with van der Waals surface area (Å²) in [6, 6.07) is 12.9. The van der Waals surface area contributed by atoms with Gasteiger partial charge in [-0.2, -0.15) is 5.21 Å². The van der Waals surface area contributed by atoms with Crippen molar-refractivity contribution in [3.05, 3.63) is 53.8 Å². The van der Waals surface area contributed by atoms with Crippen LogP contribution < -0.4 is 9.64 Å². The quantitative estimate of drug-likeness (QED) is 0.804. The van der Waals surface area contributed by atoms with Crippen LogP contribution in [0.25, 0.3) is 11.4 Å². The molecule has 0 atom stereocenters. The molecule has 0 amide bonds. The first-order chi connectivity index (χ1) is 11.3. The lowest BCUT2D eigenvalue weighted by molar-refractivity contribution is 0.305. The smallest absolute Gasteiger partial charge is 0.206 e. The lowest BCUT2D eigenvalue weighted by Crippen LogP contribution is -2.32. The largest absolute Gasteiger partial charge is 0.489 e. The van der Waals surface area contributed by atoms with E-state index >= 15 is 0 Å². The summed E-state index contributed by atoms with van der Waals surface area (Å²) in [4.78, 5) is 2.15. The highest BCUT2D eigenvalue weighted by molar-refractivity contribution is 5.80. The van der Waals surface area contributed by atoms with Crippen molar-refractivity contribution < 1.29 is 9.13 Å². The van der Waals surface area contributed by atoms with E-state index in [9.17, 15) is 4.39 Å². The molecule has 116 valence electrons. The predicted molar refractivity (Wildman–Crippen MR) is 82.6 cm³/mol. The SMILES string of the molecule is Fc1cc2c(c(-c3nn[nH]n3)c1)N(Cc1ccccc1)CCO2. The molecule has 7 heteroatoms. The molecule has 0 saturated heterocycles.